The Balaban J connectivity index is 1.17. The molecule has 1 unspecified atom stereocenters. The zero-order valence-electron chi connectivity index (χ0n) is 19.9. The van der Waals surface area contributed by atoms with E-state index in [-0.39, 0.29) is 5.91 Å². The molecule has 9 nitrogen and oxygen atoms in total. The number of aromatic amines is 1. The Morgan fingerprint density at radius 3 is 2.54 bits per heavy atom. The van der Waals surface area contributed by atoms with Gasteiger partial charge in [0.05, 0.1) is 0 Å². The van der Waals surface area contributed by atoms with E-state index >= 15 is 0 Å². The lowest BCUT2D eigenvalue weighted by molar-refractivity contribution is -0.166. The van der Waals surface area contributed by atoms with E-state index < -0.39 is 6.04 Å². The Morgan fingerprint density at radius 1 is 1.09 bits per heavy atom. The van der Waals surface area contributed by atoms with E-state index in [1.807, 2.05) is 34.9 Å². The van der Waals surface area contributed by atoms with Gasteiger partial charge in [0, 0.05) is 56.0 Å². The molecule has 35 heavy (non-hydrogen) atoms. The molecule has 5 rings (SSSR count). The topological polar surface area (TPSA) is 93.5 Å². The summed E-state index contributed by atoms with van der Waals surface area (Å²) in [5.41, 5.74) is 4.41. The molecular formula is C26H31N7O2. The highest BCUT2D eigenvalue weighted by molar-refractivity contribution is 5.85. The normalized spacial score (nSPS) is 15.9. The number of aryl methyl sites for hydroxylation is 1. The number of fused-ring (bicyclic) bond motifs is 1. The third-order valence-electron chi connectivity index (χ3n) is 6.83. The fraction of sp³-hybridized carbons (Fsp3) is 0.346. The Labute approximate surface area is 204 Å². The molecule has 1 atom stereocenters. The van der Waals surface area contributed by atoms with Crippen LogP contribution < -0.4 is 0 Å². The molecule has 182 valence electrons. The van der Waals surface area contributed by atoms with Gasteiger partial charge in [0.25, 0.3) is 5.91 Å². The zero-order chi connectivity index (χ0) is 24.2. The summed E-state index contributed by atoms with van der Waals surface area (Å²) in [4.78, 5) is 20.8. The maximum atomic E-state index is 12.7. The Morgan fingerprint density at radius 2 is 1.83 bits per heavy atom. The lowest BCUT2D eigenvalue weighted by Crippen LogP contribution is -2.51. The maximum absolute atomic E-state index is 12.7. The molecular weight excluding hydrogens is 442 g/mol. The van der Waals surface area contributed by atoms with Crippen LogP contribution in [0.3, 0.4) is 0 Å². The van der Waals surface area contributed by atoms with Crippen molar-refractivity contribution in [2.75, 3.05) is 39.8 Å². The van der Waals surface area contributed by atoms with Crippen LogP contribution in [0.15, 0.2) is 67.4 Å². The van der Waals surface area contributed by atoms with Gasteiger partial charge in [0.2, 0.25) is 0 Å². The summed E-state index contributed by atoms with van der Waals surface area (Å²) in [5.74, 6) is -0.296. The van der Waals surface area contributed by atoms with Gasteiger partial charge < -0.3 is 9.88 Å². The number of piperazine rings is 1. The van der Waals surface area contributed by atoms with Crippen molar-refractivity contribution >= 4 is 16.8 Å². The first-order chi connectivity index (χ1) is 17.1. The van der Waals surface area contributed by atoms with Gasteiger partial charge in [-0.1, -0.05) is 30.3 Å². The van der Waals surface area contributed by atoms with Crippen LogP contribution in [-0.2, 0) is 11.2 Å². The highest BCUT2D eigenvalue weighted by Gasteiger charge is 2.32. The molecule has 0 spiro atoms. The summed E-state index contributed by atoms with van der Waals surface area (Å²) in [6, 6.07) is 15.6. The molecule has 2 aromatic carbocycles. The van der Waals surface area contributed by atoms with Crippen molar-refractivity contribution in [2.24, 2.45) is 0 Å². The average Bonchev–Trinajstić information content (AvgIpc) is 3.56. The molecule has 1 aliphatic rings. The molecule has 0 aliphatic carbocycles. The van der Waals surface area contributed by atoms with Gasteiger partial charge in [-0.2, -0.15) is 0 Å². The molecule has 1 saturated heterocycles. The van der Waals surface area contributed by atoms with E-state index in [4.69, 9.17) is 0 Å². The van der Waals surface area contributed by atoms with Crippen LogP contribution in [-0.4, -0.2) is 85.5 Å². The highest BCUT2D eigenvalue weighted by atomic mass is 16.5. The Hall–Kier alpha value is -3.53. The van der Waals surface area contributed by atoms with Crippen molar-refractivity contribution in [3.05, 3.63) is 78.5 Å². The largest absolute Gasteiger partial charge is 0.361 e. The van der Waals surface area contributed by atoms with Gasteiger partial charge in [-0.15, -0.1) is 10.2 Å². The minimum absolute atomic E-state index is 0.296. The van der Waals surface area contributed by atoms with Crippen molar-refractivity contribution in [2.45, 2.75) is 18.9 Å². The number of amides is 1. The predicted molar refractivity (Wildman–Crippen MR) is 133 cm³/mol. The molecule has 0 saturated carbocycles. The van der Waals surface area contributed by atoms with Crippen molar-refractivity contribution in [3.63, 3.8) is 0 Å². The smallest absolute Gasteiger partial charge is 0.267 e. The lowest BCUT2D eigenvalue weighted by atomic mass is 10.0. The van der Waals surface area contributed by atoms with E-state index in [1.54, 1.807) is 12.7 Å². The van der Waals surface area contributed by atoms with E-state index in [1.165, 1.54) is 18.0 Å². The molecule has 2 N–H and O–H groups in total. The molecule has 3 heterocycles. The summed E-state index contributed by atoms with van der Waals surface area (Å²) in [7, 11) is 1.40. The number of likely N-dealkylation sites (N-methyl/N-ethyl adjacent to an activating group) is 1. The van der Waals surface area contributed by atoms with Crippen molar-refractivity contribution in [1.82, 2.24) is 34.6 Å². The fourth-order valence-electron chi connectivity index (χ4n) is 4.93. The van der Waals surface area contributed by atoms with Crippen LogP contribution in [0.1, 0.15) is 23.6 Å². The van der Waals surface area contributed by atoms with Crippen LogP contribution in [0.2, 0.25) is 0 Å². The van der Waals surface area contributed by atoms with Gasteiger partial charge in [-0.3, -0.25) is 19.5 Å². The van der Waals surface area contributed by atoms with Crippen molar-refractivity contribution in [1.29, 1.82) is 0 Å². The SMILES string of the molecule is CN(O)C(=O)C(c1ccccc1)N1CCN(CCCc2c[nH]c3ccc(-n4cnnc4)cc23)CC1. The minimum atomic E-state index is -0.459. The number of hydrogen-bond acceptors (Lipinski definition) is 6. The van der Waals surface area contributed by atoms with E-state index in [9.17, 15) is 10.0 Å². The molecule has 0 bridgehead atoms. The van der Waals surface area contributed by atoms with Crippen LogP contribution in [0.4, 0.5) is 0 Å². The van der Waals surface area contributed by atoms with Crippen LogP contribution >= 0.6 is 0 Å². The summed E-state index contributed by atoms with van der Waals surface area (Å²) in [6.07, 6.45) is 7.58. The number of H-pyrrole nitrogens is 1. The standard InChI is InChI=1S/C26H31N7O2/c1-30(35)26(34)25(20-6-3-2-4-7-20)32-14-12-31(13-15-32)11-5-8-21-17-27-24-10-9-22(16-23(21)24)33-18-28-29-19-33/h2-4,6-7,9-10,16-19,25,27,35H,5,8,11-15H2,1H3. The molecule has 2 aromatic heterocycles. The first kappa shape index (κ1) is 23.2. The second-order valence-corrected chi connectivity index (χ2v) is 9.07. The number of nitrogens with one attached hydrogen (secondary N) is 1. The van der Waals surface area contributed by atoms with Crippen LogP contribution in [0.25, 0.3) is 16.6 Å². The first-order valence-corrected chi connectivity index (χ1v) is 12.0. The zero-order valence-corrected chi connectivity index (χ0v) is 19.9. The fourth-order valence-corrected chi connectivity index (χ4v) is 4.93. The molecule has 4 aromatic rings. The number of hydrogen-bond donors (Lipinski definition) is 2. The summed E-state index contributed by atoms with van der Waals surface area (Å²) < 4.78 is 1.91. The number of hydroxylamine groups is 2. The van der Waals surface area contributed by atoms with E-state index in [0.29, 0.717) is 5.06 Å². The molecule has 1 fully saturated rings. The van der Waals surface area contributed by atoms with Gasteiger partial charge >= 0.3 is 0 Å². The van der Waals surface area contributed by atoms with Gasteiger partial charge in [0.1, 0.15) is 18.7 Å². The van der Waals surface area contributed by atoms with E-state index in [0.717, 1.165) is 62.3 Å². The van der Waals surface area contributed by atoms with Crippen molar-refractivity contribution < 1.29 is 10.0 Å². The summed E-state index contributed by atoms with van der Waals surface area (Å²) >= 11 is 0. The third kappa shape index (κ3) is 5.12. The second kappa shape index (κ2) is 10.4. The third-order valence-corrected chi connectivity index (χ3v) is 6.83. The molecule has 0 radical (unpaired) electrons. The van der Waals surface area contributed by atoms with Crippen molar-refractivity contribution in [3.8, 4) is 5.69 Å². The van der Waals surface area contributed by atoms with Crippen LogP contribution in [0, 0.1) is 0 Å². The number of carbonyl (C=O) groups excluding carboxylic acids is 1. The lowest BCUT2D eigenvalue weighted by Gasteiger charge is -2.39. The second-order valence-electron chi connectivity index (χ2n) is 9.07. The minimum Gasteiger partial charge on any atom is -0.361 e. The molecule has 9 heteroatoms. The van der Waals surface area contributed by atoms with E-state index in [2.05, 4.69) is 49.4 Å². The average molecular weight is 474 g/mol. The van der Waals surface area contributed by atoms with Gasteiger partial charge in [-0.25, -0.2) is 5.06 Å². The summed E-state index contributed by atoms with van der Waals surface area (Å²) in [6.45, 7) is 4.38. The van der Waals surface area contributed by atoms with Gasteiger partial charge in [0.15, 0.2) is 0 Å². The predicted octanol–water partition coefficient (Wildman–Crippen LogP) is 2.89. The Kier molecular flexibility index (Phi) is 6.89. The first-order valence-electron chi connectivity index (χ1n) is 12.0. The Bertz CT molecular complexity index is 1250. The highest BCUT2D eigenvalue weighted by Crippen LogP contribution is 2.25. The number of benzene rings is 2. The summed E-state index contributed by atoms with van der Waals surface area (Å²) in [5, 5.41) is 19.6. The quantitative estimate of drug-likeness (QED) is 0.302. The number of rotatable bonds is 8. The monoisotopic (exact) mass is 473 g/mol. The van der Waals surface area contributed by atoms with Crippen LogP contribution in [0.5, 0.6) is 0 Å². The molecule has 1 amide bonds. The number of nitrogens with zero attached hydrogens (tertiary/aromatic N) is 6. The maximum Gasteiger partial charge on any atom is 0.267 e. The molecule has 1 aliphatic heterocycles. The number of carbonyl (C=O) groups is 1. The van der Waals surface area contributed by atoms with Gasteiger partial charge in [-0.05, 0) is 48.7 Å². The number of aromatic nitrogens is 4.